The molecule has 0 bridgehead atoms. The third-order valence-corrected chi connectivity index (χ3v) is 3.92. The van der Waals surface area contributed by atoms with E-state index in [9.17, 15) is 12.8 Å². The van der Waals surface area contributed by atoms with E-state index in [0.717, 1.165) is 6.07 Å². The van der Waals surface area contributed by atoms with Gasteiger partial charge in [-0.3, -0.25) is 4.72 Å². The number of halogens is 1. The number of aliphatic hydroxyl groups is 1. The van der Waals surface area contributed by atoms with Crippen molar-refractivity contribution in [2.24, 2.45) is 0 Å². The number of nitrogens with one attached hydrogen (secondary N) is 1. The molecule has 0 aromatic heterocycles. The largest absolute Gasteiger partial charge is 0.392 e. The Morgan fingerprint density at radius 3 is 2.30 bits per heavy atom. The molecule has 106 valence electrons. The number of benzene rings is 2. The van der Waals surface area contributed by atoms with Crippen LogP contribution in [0, 0.1) is 5.82 Å². The van der Waals surface area contributed by atoms with Crippen molar-refractivity contribution in [2.45, 2.75) is 12.4 Å². The van der Waals surface area contributed by atoms with E-state index in [-0.39, 0.29) is 18.0 Å². The van der Waals surface area contributed by atoms with E-state index in [1.807, 2.05) is 0 Å². The van der Waals surface area contributed by atoms with E-state index >= 15 is 0 Å². The normalized spacial score (nSPS) is 11.3. The Morgan fingerprint density at radius 1 is 1.05 bits per heavy atom. The Hall–Kier alpha value is -1.92. The maximum atomic E-state index is 13.0. The van der Waals surface area contributed by atoms with Crippen LogP contribution in [-0.4, -0.2) is 13.5 Å². The monoisotopic (exact) mass is 295 g/mol. The molecular weight excluding hydrogens is 281 g/mol. The van der Waals surface area contributed by atoms with Gasteiger partial charge in [-0.05, 0) is 29.3 Å². The van der Waals surface area contributed by atoms with Crippen LogP contribution in [0.25, 0.3) is 0 Å². The molecule has 0 fully saturated rings. The number of anilines is 1. The van der Waals surface area contributed by atoms with Crippen LogP contribution in [0.4, 0.5) is 10.1 Å². The topological polar surface area (TPSA) is 66.4 Å². The molecular formula is C14H14FNO3S. The Balaban J connectivity index is 2.10. The van der Waals surface area contributed by atoms with Gasteiger partial charge in [0, 0.05) is 0 Å². The number of aliphatic hydroxyl groups excluding tert-OH is 1. The van der Waals surface area contributed by atoms with Crippen LogP contribution in [0.5, 0.6) is 0 Å². The van der Waals surface area contributed by atoms with E-state index in [4.69, 9.17) is 5.11 Å². The summed E-state index contributed by atoms with van der Waals surface area (Å²) in [6.45, 7) is -0.0887. The molecule has 2 rings (SSSR count). The highest BCUT2D eigenvalue weighted by atomic mass is 32.2. The summed E-state index contributed by atoms with van der Waals surface area (Å²) in [5.41, 5.74) is 1.49. The van der Waals surface area contributed by atoms with Crippen molar-refractivity contribution >= 4 is 15.7 Å². The molecule has 0 amide bonds. The highest BCUT2D eigenvalue weighted by molar-refractivity contribution is 7.91. The first kappa shape index (κ1) is 14.5. The van der Waals surface area contributed by atoms with Gasteiger partial charge < -0.3 is 5.11 Å². The van der Waals surface area contributed by atoms with Crippen LogP contribution < -0.4 is 4.72 Å². The van der Waals surface area contributed by atoms with Crippen molar-refractivity contribution in [2.75, 3.05) is 4.72 Å². The van der Waals surface area contributed by atoms with E-state index in [1.165, 1.54) is 18.2 Å². The number of rotatable bonds is 5. The summed E-state index contributed by atoms with van der Waals surface area (Å²) < 4.78 is 39.2. The van der Waals surface area contributed by atoms with Crippen LogP contribution >= 0.6 is 0 Å². The maximum Gasteiger partial charge on any atom is 0.236 e. The summed E-state index contributed by atoms with van der Waals surface area (Å²) in [5.74, 6) is -0.715. The molecule has 0 unspecified atom stereocenters. The lowest BCUT2D eigenvalue weighted by Crippen LogP contribution is -2.15. The Labute approximate surface area is 116 Å². The van der Waals surface area contributed by atoms with Crippen LogP contribution in [0.1, 0.15) is 11.1 Å². The second-order valence-corrected chi connectivity index (χ2v) is 6.07. The second-order valence-electron chi connectivity index (χ2n) is 4.35. The van der Waals surface area contributed by atoms with Crippen molar-refractivity contribution in [3.8, 4) is 0 Å². The molecule has 4 nitrogen and oxygen atoms in total. The molecule has 0 aliphatic carbocycles. The van der Waals surface area contributed by atoms with Crippen molar-refractivity contribution in [1.82, 2.24) is 0 Å². The Morgan fingerprint density at radius 2 is 1.70 bits per heavy atom. The van der Waals surface area contributed by atoms with Crippen LogP contribution in [0.3, 0.4) is 0 Å². The van der Waals surface area contributed by atoms with E-state index in [2.05, 4.69) is 4.72 Å². The number of sulfonamides is 1. The zero-order chi connectivity index (χ0) is 14.6. The average Bonchev–Trinajstić information content (AvgIpc) is 2.38. The van der Waals surface area contributed by atoms with Crippen LogP contribution in [-0.2, 0) is 22.4 Å². The van der Waals surface area contributed by atoms with Crippen molar-refractivity contribution < 1.29 is 17.9 Å². The minimum Gasteiger partial charge on any atom is -0.392 e. The fraction of sp³-hybridized carbons (Fsp3) is 0.143. The summed E-state index contributed by atoms with van der Waals surface area (Å²) in [6, 6.07) is 11.9. The van der Waals surface area contributed by atoms with Crippen molar-refractivity contribution in [1.29, 1.82) is 0 Å². The van der Waals surface area contributed by atoms with Gasteiger partial charge in [0.05, 0.1) is 18.0 Å². The molecule has 0 saturated carbocycles. The van der Waals surface area contributed by atoms with Crippen molar-refractivity contribution in [3.05, 3.63) is 65.5 Å². The third kappa shape index (κ3) is 4.04. The Bertz CT molecular complexity index is 684. The summed E-state index contributed by atoms with van der Waals surface area (Å²) in [4.78, 5) is 0. The van der Waals surface area contributed by atoms with E-state index < -0.39 is 15.8 Å². The van der Waals surface area contributed by atoms with Crippen LogP contribution in [0.2, 0.25) is 0 Å². The van der Waals surface area contributed by atoms with Gasteiger partial charge in [-0.1, -0.05) is 30.3 Å². The zero-order valence-corrected chi connectivity index (χ0v) is 11.4. The summed E-state index contributed by atoms with van der Waals surface area (Å²) in [7, 11) is -3.60. The van der Waals surface area contributed by atoms with Gasteiger partial charge in [0.2, 0.25) is 10.0 Å². The quantitative estimate of drug-likeness (QED) is 0.889. The predicted octanol–water partition coefficient (Wildman–Crippen LogP) is 2.26. The number of hydrogen-bond acceptors (Lipinski definition) is 3. The second kappa shape index (κ2) is 6.02. The molecule has 0 saturated heterocycles. The molecule has 0 atom stereocenters. The molecule has 2 aromatic rings. The smallest absolute Gasteiger partial charge is 0.236 e. The fourth-order valence-corrected chi connectivity index (χ4v) is 2.92. The molecule has 0 aliphatic heterocycles. The maximum absolute atomic E-state index is 13.0. The third-order valence-electron chi connectivity index (χ3n) is 2.66. The lowest BCUT2D eigenvalue weighted by molar-refractivity contribution is 0.282. The average molecular weight is 295 g/mol. The fourth-order valence-electron chi connectivity index (χ4n) is 1.73. The van der Waals surface area contributed by atoms with E-state index in [1.54, 1.807) is 24.3 Å². The van der Waals surface area contributed by atoms with Gasteiger partial charge in [0.25, 0.3) is 0 Å². The highest BCUT2D eigenvalue weighted by Gasteiger charge is 2.12. The molecule has 0 spiro atoms. The van der Waals surface area contributed by atoms with Gasteiger partial charge in [0.15, 0.2) is 0 Å². The molecule has 0 radical (unpaired) electrons. The minimum atomic E-state index is -3.60. The zero-order valence-electron chi connectivity index (χ0n) is 10.6. The number of hydrogen-bond donors (Lipinski definition) is 2. The van der Waals surface area contributed by atoms with Gasteiger partial charge in [-0.15, -0.1) is 0 Å². The lowest BCUT2D eigenvalue weighted by Gasteiger charge is -2.08. The van der Waals surface area contributed by atoms with Crippen molar-refractivity contribution in [3.63, 3.8) is 0 Å². The predicted molar refractivity (Wildman–Crippen MR) is 75.0 cm³/mol. The first-order valence-electron chi connectivity index (χ1n) is 5.93. The summed E-state index contributed by atoms with van der Waals surface area (Å²) >= 11 is 0. The van der Waals surface area contributed by atoms with Crippen LogP contribution in [0.15, 0.2) is 48.5 Å². The molecule has 0 heterocycles. The van der Waals surface area contributed by atoms with Gasteiger partial charge in [-0.2, -0.15) is 0 Å². The molecule has 20 heavy (non-hydrogen) atoms. The minimum absolute atomic E-state index is 0.0887. The highest BCUT2D eigenvalue weighted by Crippen LogP contribution is 2.14. The molecule has 6 heteroatoms. The first-order valence-corrected chi connectivity index (χ1v) is 7.58. The molecule has 0 aliphatic rings. The SMILES string of the molecule is O=S(=O)(Cc1ccc(CO)cc1)Nc1cccc(F)c1. The van der Waals surface area contributed by atoms with Gasteiger partial charge in [0.1, 0.15) is 5.82 Å². The standard InChI is InChI=1S/C14H14FNO3S/c15-13-2-1-3-14(8-13)16-20(18,19)10-12-6-4-11(9-17)5-7-12/h1-8,16-17H,9-10H2. The van der Waals surface area contributed by atoms with E-state index in [0.29, 0.717) is 11.1 Å². The molecule has 2 N–H and O–H groups in total. The summed E-state index contributed by atoms with van der Waals surface area (Å²) in [6.07, 6.45) is 0. The first-order chi connectivity index (χ1) is 9.48. The molecule has 2 aromatic carbocycles. The summed E-state index contributed by atoms with van der Waals surface area (Å²) in [5, 5.41) is 8.92. The van der Waals surface area contributed by atoms with Gasteiger partial charge >= 0.3 is 0 Å². The Kier molecular flexibility index (Phi) is 4.36. The van der Waals surface area contributed by atoms with Gasteiger partial charge in [-0.25, -0.2) is 12.8 Å². The lowest BCUT2D eigenvalue weighted by atomic mass is 10.2.